The fourth-order valence-corrected chi connectivity index (χ4v) is 1.36. The van der Waals surface area contributed by atoms with Gasteiger partial charge in [0.2, 0.25) is 5.95 Å². The van der Waals surface area contributed by atoms with Crippen molar-refractivity contribution in [3.05, 3.63) is 18.0 Å². The Bertz CT molecular complexity index is 338. The number of anilines is 1. The molecule has 17 heavy (non-hydrogen) atoms. The van der Waals surface area contributed by atoms with Gasteiger partial charge in [-0.1, -0.05) is 6.42 Å². The lowest BCUT2D eigenvalue weighted by Crippen LogP contribution is -2.05. The van der Waals surface area contributed by atoms with Crippen molar-refractivity contribution in [2.24, 2.45) is 0 Å². The van der Waals surface area contributed by atoms with Crippen LogP contribution in [0.15, 0.2) is 12.4 Å². The van der Waals surface area contributed by atoms with Crippen molar-refractivity contribution in [1.29, 1.82) is 0 Å². The summed E-state index contributed by atoms with van der Waals surface area (Å²) in [4.78, 5) is 19.1. The van der Waals surface area contributed by atoms with E-state index in [2.05, 4.69) is 20.0 Å². The molecule has 94 valence electrons. The number of methoxy groups -OCH3 is 1. The van der Waals surface area contributed by atoms with Crippen LogP contribution in [0.25, 0.3) is 0 Å². The van der Waals surface area contributed by atoms with Gasteiger partial charge in [0.05, 0.1) is 7.11 Å². The van der Waals surface area contributed by atoms with E-state index in [-0.39, 0.29) is 5.97 Å². The largest absolute Gasteiger partial charge is 0.469 e. The molecule has 0 aromatic carbocycles. The molecule has 1 heterocycles. The number of hydrogen-bond donors (Lipinski definition) is 1. The SMILES string of the molecule is COC(=O)CCCCCNc1ncc(C)cn1. The molecule has 1 aromatic rings. The first-order valence-corrected chi connectivity index (χ1v) is 5.81. The molecule has 0 amide bonds. The molecule has 1 aromatic heterocycles. The van der Waals surface area contributed by atoms with Crippen molar-refractivity contribution < 1.29 is 9.53 Å². The van der Waals surface area contributed by atoms with Crippen molar-refractivity contribution in [2.45, 2.75) is 32.6 Å². The van der Waals surface area contributed by atoms with Crippen molar-refractivity contribution in [3.63, 3.8) is 0 Å². The second kappa shape index (κ2) is 7.60. The van der Waals surface area contributed by atoms with Crippen LogP contribution in [0, 0.1) is 6.92 Å². The summed E-state index contributed by atoms with van der Waals surface area (Å²) in [5.41, 5.74) is 1.05. The van der Waals surface area contributed by atoms with Gasteiger partial charge in [-0.15, -0.1) is 0 Å². The van der Waals surface area contributed by atoms with Gasteiger partial charge in [-0.3, -0.25) is 4.79 Å². The molecule has 0 fully saturated rings. The van der Waals surface area contributed by atoms with Crippen LogP contribution in [0.2, 0.25) is 0 Å². The first kappa shape index (κ1) is 13.4. The molecule has 1 N–H and O–H groups in total. The monoisotopic (exact) mass is 237 g/mol. The van der Waals surface area contributed by atoms with Crippen LogP contribution in [0.3, 0.4) is 0 Å². The smallest absolute Gasteiger partial charge is 0.305 e. The van der Waals surface area contributed by atoms with Crippen LogP contribution in [-0.4, -0.2) is 29.6 Å². The highest BCUT2D eigenvalue weighted by Gasteiger charge is 1.99. The molecule has 0 spiro atoms. The quantitative estimate of drug-likeness (QED) is 0.580. The lowest BCUT2D eigenvalue weighted by Gasteiger charge is -2.04. The molecular formula is C12H19N3O2. The number of aromatic nitrogens is 2. The van der Waals surface area contributed by atoms with Gasteiger partial charge < -0.3 is 10.1 Å². The maximum absolute atomic E-state index is 10.8. The average Bonchev–Trinajstić information content (AvgIpc) is 2.35. The van der Waals surface area contributed by atoms with Crippen molar-refractivity contribution >= 4 is 11.9 Å². The maximum Gasteiger partial charge on any atom is 0.305 e. The zero-order valence-corrected chi connectivity index (χ0v) is 10.4. The highest BCUT2D eigenvalue weighted by molar-refractivity contribution is 5.68. The highest BCUT2D eigenvalue weighted by atomic mass is 16.5. The van der Waals surface area contributed by atoms with E-state index in [1.165, 1.54) is 7.11 Å². The van der Waals surface area contributed by atoms with Gasteiger partial charge in [-0.05, 0) is 25.3 Å². The summed E-state index contributed by atoms with van der Waals surface area (Å²) in [7, 11) is 1.42. The van der Waals surface area contributed by atoms with Gasteiger partial charge in [-0.2, -0.15) is 0 Å². The molecule has 0 atom stereocenters. The molecule has 0 saturated heterocycles. The van der Waals surface area contributed by atoms with Crippen LogP contribution in [0.5, 0.6) is 0 Å². The number of unbranched alkanes of at least 4 members (excludes halogenated alkanes) is 2. The van der Waals surface area contributed by atoms with E-state index in [4.69, 9.17) is 0 Å². The Morgan fingerprint density at radius 1 is 1.29 bits per heavy atom. The lowest BCUT2D eigenvalue weighted by molar-refractivity contribution is -0.140. The van der Waals surface area contributed by atoms with Crippen LogP contribution < -0.4 is 5.32 Å². The van der Waals surface area contributed by atoms with E-state index < -0.39 is 0 Å². The molecule has 0 bridgehead atoms. The number of esters is 1. The number of nitrogens with zero attached hydrogens (tertiary/aromatic N) is 2. The average molecular weight is 237 g/mol. The van der Waals surface area contributed by atoms with Crippen LogP contribution in [0.1, 0.15) is 31.2 Å². The summed E-state index contributed by atoms with van der Waals surface area (Å²) in [6.07, 6.45) is 6.92. The van der Waals surface area contributed by atoms with Crippen molar-refractivity contribution in [2.75, 3.05) is 19.0 Å². The highest BCUT2D eigenvalue weighted by Crippen LogP contribution is 2.03. The third-order valence-electron chi connectivity index (χ3n) is 2.35. The molecule has 0 aliphatic rings. The van der Waals surface area contributed by atoms with Crippen LogP contribution >= 0.6 is 0 Å². The maximum atomic E-state index is 10.8. The van der Waals surface area contributed by atoms with Crippen LogP contribution in [-0.2, 0) is 9.53 Å². The molecule has 5 heteroatoms. The van der Waals surface area contributed by atoms with E-state index in [1.807, 2.05) is 6.92 Å². The Labute approximate surface area is 102 Å². The van der Waals surface area contributed by atoms with Crippen LogP contribution in [0.4, 0.5) is 5.95 Å². The molecule has 0 saturated carbocycles. The third kappa shape index (κ3) is 5.85. The summed E-state index contributed by atoms with van der Waals surface area (Å²) in [5.74, 6) is 0.517. The Hall–Kier alpha value is -1.65. The number of ether oxygens (including phenoxy) is 1. The molecular weight excluding hydrogens is 218 g/mol. The zero-order valence-electron chi connectivity index (χ0n) is 10.4. The molecule has 0 aliphatic heterocycles. The normalized spacial score (nSPS) is 10.0. The summed E-state index contributed by atoms with van der Waals surface area (Å²) in [6, 6.07) is 0. The first-order chi connectivity index (χ1) is 8.22. The Kier molecular flexibility index (Phi) is 5.99. The Morgan fingerprint density at radius 2 is 2.00 bits per heavy atom. The molecule has 0 unspecified atom stereocenters. The first-order valence-electron chi connectivity index (χ1n) is 5.81. The molecule has 1 rings (SSSR count). The lowest BCUT2D eigenvalue weighted by atomic mass is 10.2. The fourth-order valence-electron chi connectivity index (χ4n) is 1.36. The molecule has 5 nitrogen and oxygen atoms in total. The van der Waals surface area contributed by atoms with Gasteiger partial charge in [0, 0.05) is 25.4 Å². The number of nitrogens with one attached hydrogen (secondary N) is 1. The number of hydrogen-bond acceptors (Lipinski definition) is 5. The minimum atomic E-state index is -0.139. The fraction of sp³-hybridized carbons (Fsp3) is 0.583. The number of aryl methyl sites for hydroxylation is 1. The Balaban J connectivity index is 2.04. The van der Waals surface area contributed by atoms with E-state index >= 15 is 0 Å². The minimum absolute atomic E-state index is 0.139. The molecule has 0 radical (unpaired) electrons. The number of carbonyl (C=O) groups excluding carboxylic acids is 1. The minimum Gasteiger partial charge on any atom is -0.469 e. The number of rotatable bonds is 7. The Morgan fingerprint density at radius 3 is 2.65 bits per heavy atom. The van der Waals surface area contributed by atoms with E-state index in [0.29, 0.717) is 12.4 Å². The topological polar surface area (TPSA) is 64.1 Å². The second-order valence-corrected chi connectivity index (χ2v) is 3.90. The third-order valence-corrected chi connectivity index (χ3v) is 2.35. The predicted molar refractivity (Wildman–Crippen MR) is 65.7 cm³/mol. The summed E-state index contributed by atoms with van der Waals surface area (Å²) >= 11 is 0. The van der Waals surface area contributed by atoms with E-state index in [9.17, 15) is 4.79 Å². The zero-order chi connectivity index (χ0) is 12.5. The van der Waals surface area contributed by atoms with Gasteiger partial charge >= 0.3 is 5.97 Å². The van der Waals surface area contributed by atoms with Gasteiger partial charge in [0.25, 0.3) is 0 Å². The van der Waals surface area contributed by atoms with E-state index in [1.54, 1.807) is 12.4 Å². The standard InChI is InChI=1S/C12H19N3O2/c1-10-8-14-12(15-9-10)13-7-5-3-4-6-11(16)17-2/h8-9H,3-7H2,1-2H3,(H,13,14,15). The van der Waals surface area contributed by atoms with Gasteiger partial charge in [0.1, 0.15) is 0 Å². The summed E-state index contributed by atoms with van der Waals surface area (Å²) < 4.78 is 4.56. The van der Waals surface area contributed by atoms with Crippen molar-refractivity contribution in [1.82, 2.24) is 9.97 Å². The second-order valence-electron chi connectivity index (χ2n) is 3.90. The van der Waals surface area contributed by atoms with E-state index in [0.717, 1.165) is 31.4 Å². The summed E-state index contributed by atoms with van der Waals surface area (Å²) in [6.45, 7) is 2.78. The van der Waals surface area contributed by atoms with Gasteiger partial charge in [0.15, 0.2) is 0 Å². The van der Waals surface area contributed by atoms with Crippen molar-refractivity contribution in [3.8, 4) is 0 Å². The van der Waals surface area contributed by atoms with Gasteiger partial charge in [-0.25, -0.2) is 9.97 Å². The predicted octanol–water partition coefficient (Wildman–Crippen LogP) is 1.93. The number of carbonyl (C=O) groups is 1. The summed E-state index contributed by atoms with van der Waals surface area (Å²) in [5, 5.41) is 3.14. The molecule has 0 aliphatic carbocycles.